The third-order valence-corrected chi connectivity index (χ3v) is 3.97. The van der Waals surface area contributed by atoms with Crippen LogP contribution in [0, 0.1) is 5.82 Å². The van der Waals surface area contributed by atoms with Crippen molar-refractivity contribution in [2.75, 3.05) is 5.32 Å². The molecule has 25 heavy (non-hydrogen) atoms. The molecule has 1 heterocycles. The zero-order valence-electron chi connectivity index (χ0n) is 12.6. The molecule has 126 valence electrons. The number of amides is 1. The standard InChI is InChI=1S/C17H11Cl2FN4O/c18-12-8-13(19)14(20)7-11(12)15-5-6-22-17(24-15)23-10-3-1-9(2-4-10)16(21)25/h1-8H,(H2,21,25)(H,22,23,24). The predicted molar refractivity (Wildman–Crippen MR) is 95.7 cm³/mol. The second-order valence-corrected chi connectivity index (χ2v) is 5.89. The summed E-state index contributed by atoms with van der Waals surface area (Å²) < 4.78 is 13.7. The van der Waals surface area contributed by atoms with E-state index < -0.39 is 11.7 Å². The van der Waals surface area contributed by atoms with Gasteiger partial charge in [-0.1, -0.05) is 23.2 Å². The Morgan fingerprint density at radius 3 is 2.48 bits per heavy atom. The zero-order valence-corrected chi connectivity index (χ0v) is 14.1. The molecule has 0 fully saturated rings. The number of nitrogens with one attached hydrogen (secondary N) is 1. The Bertz CT molecular complexity index is 948. The molecule has 1 amide bonds. The fourth-order valence-corrected chi connectivity index (χ4v) is 2.61. The molecular weight excluding hydrogens is 366 g/mol. The van der Waals surface area contributed by atoms with Crippen molar-refractivity contribution in [1.82, 2.24) is 9.97 Å². The molecule has 0 saturated heterocycles. The van der Waals surface area contributed by atoms with Gasteiger partial charge in [0.1, 0.15) is 5.82 Å². The molecule has 0 bridgehead atoms. The Morgan fingerprint density at radius 2 is 1.80 bits per heavy atom. The van der Waals surface area contributed by atoms with E-state index in [4.69, 9.17) is 28.9 Å². The normalized spacial score (nSPS) is 10.5. The highest BCUT2D eigenvalue weighted by molar-refractivity contribution is 6.36. The van der Waals surface area contributed by atoms with Gasteiger partial charge in [0.05, 0.1) is 15.7 Å². The van der Waals surface area contributed by atoms with Gasteiger partial charge in [-0.05, 0) is 42.5 Å². The molecule has 3 aromatic rings. The van der Waals surface area contributed by atoms with Crippen LogP contribution in [0.3, 0.4) is 0 Å². The lowest BCUT2D eigenvalue weighted by Crippen LogP contribution is -2.10. The van der Waals surface area contributed by atoms with E-state index in [1.54, 1.807) is 30.3 Å². The second-order valence-electron chi connectivity index (χ2n) is 5.08. The third kappa shape index (κ3) is 3.87. The number of nitrogens with zero attached hydrogens (tertiary/aromatic N) is 2. The number of rotatable bonds is 4. The summed E-state index contributed by atoms with van der Waals surface area (Å²) in [5.74, 6) is -0.809. The summed E-state index contributed by atoms with van der Waals surface area (Å²) in [7, 11) is 0. The van der Waals surface area contributed by atoms with Crippen molar-refractivity contribution in [3.63, 3.8) is 0 Å². The van der Waals surface area contributed by atoms with Gasteiger partial charge in [0.2, 0.25) is 11.9 Å². The molecular formula is C17H11Cl2FN4O. The first kappa shape index (κ1) is 17.1. The lowest BCUT2D eigenvalue weighted by molar-refractivity contribution is 0.100. The number of benzene rings is 2. The molecule has 0 unspecified atom stereocenters. The van der Waals surface area contributed by atoms with Gasteiger partial charge in [-0.2, -0.15) is 0 Å². The Labute approximate surface area is 152 Å². The van der Waals surface area contributed by atoms with Crippen LogP contribution in [0.25, 0.3) is 11.3 Å². The van der Waals surface area contributed by atoms with E-state index in [9.17, 15) is 9.18 Å². The van der Waals surface area contributed by atoms with E-state index in [1.165, 1.54) is 18.3 Å². The maximum atomic E-state index is 13.7. The highest BCUT2D eigenvalue weighted by Crippen LogP contribution is 2.31. The summed E-state index contributed by atoms with van der Waals surface area (Å²) in [5, 5.41) is 3.21. The molecule has 0 aliphatic carbocycles. The van der Waals surface area contributed by atoms with Gasteiger partial charge in [-0.25, -0.2) is 14.4 Å². The van der Waals surface area contributed by atoms with E-state index in [1.807, 2.05) is 0 Å². The molecule has 5 nitrogen and oxygen atoms in total. The third-order valence-electron chi connectivity index (χ3n) is 3.37. The van der Waals surface area contributed by atoms with Crippen LogP contribution in [-0.2, 0) is 0 Å². The minimum absolute atomic E-state index is 0.0595. The zero-order chi connectivity index (χ0) is 18.0. The Morgan fingerprint density at radius 1 is 1.08 bits per heavy atom. The van der Waals surface area contributed by atoms with E-state index >= 15 is 0 Å². The molecule has 3 N–H and O–H groups in total. The van der Waals surface area contributed by atoms with Gasteiger partial charge in [-0.15, -0.1) is 0 Å². The van der Waals surface area contributed by atoms with Crippen LogP contribution in [0.5, 0.6) is 0 Å². The lowest BCUT2D eigenvalue weighted by Gasteiger charge is -2.09. The number of halogens is 3. The Hall–Kier alpha value is -2.70. The fourth-order valence-electron chi connectivity index (χ4n) is 2.13. The maximum absolute atomic E-state index is 13.7. The van der Waals surface area contributed by atoms with Gasteiger partial charge >= 0.3 is 0 Å². The first-order chi connectivity index (χ1) is 11.9. The quantitative estimate of drug-likeness (QED) is 0.659. The average molecular weight is 377 g/mol. The molecule has 0 aliphatic rings. The number of primary amides is 1. The minimum atomic E-state index is -0.587. The van der Waals surface area contributed by atoms with Crippen molar-refractivity contribution in [1.29, 1.82) is 0 Å². The van der Waals surface area contributed by atoms with Crippen LogP contribution in [0.4, 0.5) is 16.0 Å². The lowest BCUT2D eigenvalue weighted by atomic mass is 10.1. The number of carbonyl (C=O) groups is 1. The molecule has 3 rings (SSSR count). The first-order valence-electron chi connectivity index (χ1n) is 7.09. The van der Waals surface area contributed by atoms with Crippen LogP contribution in [0.1, 0.15) is 10.4 Å². The Balaban J connectivity index is 1.89. The van der Waals surface area contributed by atoms with Gasteiger partial charge in [0, 0.05) is 23.0 Å². The van der Waals surface area contributed by atoms with Crippen molar-refractivity contribution in [3.8, 4) is 11.3 Å². The van der Waals surface area contributed by atoms with Crippen molar-refractivity contribution in [2.24, 2.45) is 5.73 Å². The van der Waals surface area contributed by atoms with Crippen LogP contribution >= 0.6 is 23.2 Å². The number of nitrogens with two attached hydrogens (primary N) is 1. The van der Waals surface area contributed by atoms with Crippen LogP contribution in [0.2, 0.25) is 10.0 Å². The summed E-state index contributed by atoms with van der Waals surface area (Å²) in [4.78, 5) is 19.5. The summed E-state index contributed by atoms with van der Waals surface area (Å²) in [6.07, 6.45) is 1.52. The van der Waals surface area contributed by atoms with Crippen molar-refractivity contribution in [3.05, 3.63) is 70.1 Å². The number of hydrogen-bond acceptors (Lipinski definition) is 4. The van der Waals surface area contributed by atoms with Crippen LogP contribution in [-0.4, -0.2) is 15.9 Å². The molecule has 1 aromatic heterocycles. The smallest absolute Gasteiger partial charge is 0.248 e. The molecule has 0 saturated carbocycles. The van der Waals surface area contributed by atoms with E-state index in [2.05, 4.69) is 15.3 Å². The van der Waals surface area contributed by atoms with E-state index in [-0.39, 0.29) is 16.0 Å². The first-order valence-corrected chi connectivity index (χ1v) is 7.84. The Kier molecular flexibility index (Phi) is 4.83. The van der Waals surface area contributed by atoms with Gasteiger partial charge in [-0.3, -0.25) is 4.79 Å². The van der Waals surface area contributed by atoms with Crippen molar-refractivity contribution in [2.45, 2.75) is 0 Å². The number of anilines is 2. The van der Waals surface area contributed by atoms with Gasteiger partial charge in [0.15, 0.2) is 0 Å². The summed E-state index contributed by atoms with van der Waals surface area (Å²) in [5.41, 5.74) is 7.09. The maximum Gasteiger partial charge on any atom is 0.248 e. The number of hydrogen-bond donors (Lipinski definition) is 2. The summed E-state index contributed by atoms with van der Waals surface area (Å²) >= 11 is 11.8. The number of carbonyl (C=O) groups excluding carboxylic acids is 1. The van der Waals surface area contributed by atoms with Crippen molar-refractivity contribution < 1.29 is 9.18 Å². The fraction of sp³-hybridized carbons (Fsp3) is 0. The monoisotopic (exact) mass is 376 g/mol. The van der Waals surface area contributed by atoms with Crippen molar-refractivity contribution >= 4 is 40.7 Å². The topological polar surface area (TPSA) is 80.9 Å². The van der Waals surface area contributed by atoms with Crippen LogP contribution < -0.4 is 11.1 Å². The van der Waals surface area contributed by atoms with Gasteiger partial charge < -0.3 is 11.1 Å². The SMILES string of the molecule is NC(=O)c1ccc(Nc2nccc(-c3cc(F)c(Cl)cc3Cl)n2)cc1. The predicted octanol–water partition coefficient (Wildman–Crippen LogP) is 4.43. The highest BCUT2D eigenvalue weighted by Gasteiger charge is 2.11. The molecule has 8 heteroatoms. The second kappa shape index (κ2) is 7.04. The average Bonchev–Trinajstić information content (AvgIpc) is 2.59. The summed E-state index contributed by atoms with van der Waals surface area (Å²) in [6.45, 7) is 0. The molecule has 0 radical (unpaired) electrons. The van der Waals surface area contributed by atoms with Crippen LogP contribution in [0.15, 0.2) is 48.7 Å². The molecule has 0 spiro atoms. The molecule has 0 atom stereocenters. The summed E-state index contributed by atoms with van der Waals surface area (Å²) in [6, 6.07) is 10.7. The highest BCUT2D eigenvalue weighted by atomic mass is 35.5. The largest absolute Gasteiger partial charge is 0.366 e. The minimum Gasteiger partial charge on any atom is -0.366 e. The van der Waals surface area contributed by atoms with E-state index in [0.717, 1.165) is 0 Å². The number of aromatic nitrogens is 2. The van der Waals surface area contributed by atoms with Gasteiger partial charge in [0.25, 0.3) is 0 Å². The molecule has 2 aromatic carbocycles. The molecule has 0 aliphatic heterocycles. The van der Waals surface area contributed by atoms with E-state index in [0.29, 0.717) is 22.5 Å².